The van der Waals surface area contributed by atoms with E-state index in [9.17, 15) is 0 Å². The normalized spacial score (nSPS) is 12.7. The summed E-state index contributed by atoms with van der Waals surface area (Å²) in [5.41, 5.74) is 1.15. The van der Waals surface area contributed by atoms with Crippen LogP contribution in [0.5, 0.6) is 0 Å². The largest absolute Gasteiger partial charge is 0.461 e. The van der Waals surface area contributed by atoms with Gasteiger partial charge in [-0.3, -0.25) is 4.68 Å². The summed E-state index contributed by atoms with van der Waals surface area (Å²) >= 11 is 0. The maximum atomic E-state index is 5.22. The lowest BCUT2D eigenvalue weighted by Gasteiger charge is -2.11. The zero-order valence-corrected chi connectivity index (χ0v) is 12.0. The van der Waals surface area contributed by atoms with Crippen LogP contribution in [0.1, 0.15) is 18.4 Å². The molecule has 7 heteroatoms. The van der Waals surface area contributed by atoms with E-state index in [1.807, 2.05) is 24.0 Å². The third kappa shape index (κ3) is 3.38. The van der Waals surface area contributed by atoms with Crippen LogP contribution < -0.4 is 5.32 Å². The highest BCUT2D eigenvalue weighted by Crippen LogP contribution is 2.15. The van der Waals surface area contributed by atoms with Crippen molar-refractivity contribution in [3.63, 3.8) is 0 Å². The van der Waals surface area contributed by atoms with Crippen molar-refractivity contribution in [3.05, 3.63) is 42.2 Å². The van der Waals surface area contributed by atoms with Crippen LogP contribution in [0.15, 0.2) is 39.7 Å². The number of nitrogens with zero attached hydrogens (tertiary/aromatic N) is 4. The molecule has 110 valence electrons. The smallest absolute Gasteiger partial charge is 0.241 e. The lowest BCUT2D eigenvalue weighted by Crippen LogP contribution is -2.30. The molecule has 3 aromatic rings. The second-order valence-corrected chi connectivity index (χ2v) is 5.01. The fourth-order valence-corrected chi connectivity index (χ4v) is 2.01. The van der Waals surface area contributed by atoms with Gasteiger partial charge in [0.2, 0.25) is 11.7 Å². The Hall–Kier alpha value is -2.41. The molecule has 0 spiro atoms. The van der Waals surface area contributed by atoms with Crippen LogP contribution in [0.25, 0.3) is 11.6 Å². The quantitative estimate of drug-likeness (QED) is 0.747. The van der Waals surface area contributed by atoms with Gasteiger partial charge in [-0.15, -0.1) is 0 Å². The molecule has 0 bridgehead atoms. The molecular formula is C14H17N5O2. The highest BCUT2D eigenvalue weighted by molar-refractivity contribution is 5.44. The first-order chi connectivity index (χ1) is 10.2. The Morgan fingerprint density at radius 1 is 1.43 bits per heavy atom. The van der Waals surface area contributed by atoms with E-state index in [0.29, 0.717) is 24.0 Å². The van der Waals surface area contributed by atoms with Crippen molar-refractivity contribution in [2.75, 3.05) is 0 Å². The average Bonchev–Trinajstić information content (AvgIpc) is 3.17. The predicted molar refractivity (Wildman–Crippen MR) is 75.3 cm³/mol. The van der Waals surface area contributed by atoms with E-state index >= 15 is 0 Å². The van der Waals surface area contributed by atoms with E-state index in [-0.39, 0.29) is 6.04 Å². The fourth-order valence-electron chi connectivity index (χ4n) is 2.01. The van der Waals surface area contributed by atoms with Crippen molar-refractivity contribution < 1.29 is 8.94 Å². The van der Waals surface area contributed by atoms with E-state index < -0.39 is 0 Å². The van der Waals surface area contributed by atoms with Crippen molar-refractivity contribution in [1.82, 2.24) is 25.2 Å². The second kappa shape index (κ2) is 5.92. The monoisotopic (exact) mass is 287 g/mol. The molecular weight excluding hydrogens is 270 g/mol. The molecule has 0 aliphatic heterocycles. The van der Waals surface area contributed by atoms with Crippen molar-refractivity contribution in [3.8, 4) is 11.6 Å². The standard InChI is InChI=1S/C14H17N5O2/c1-10-6-16-19(8-10)9-11(2)15-7-13-17-14(18-21-13)12-4-3-5-20-12/h3-6,8,11,15H,7,9H2,1-2H3. The maximum Gasteiger partial charge on any atom is 0.241 e. The molecule has 7 nitrogen and oxygen atoms in total. The molecule has 1 N–H and O–H groups in total. The second-order valence-electron chi connectivity index (χ2n) is 5.01. The highest BCUT2D eigenvalue weighted by Gasteiger charge is 2.11. The first kappa shape index (κ1) is 13.6. The average molecular weight is 287 g/mol. The third-order valence-corrected chi connectivity index (χ3v) is 3.03. The van der Waals surface area contributed by atoms with Gasteiger partial charge in [-0.1, -0.05) is 5.16 Å². The number of hydrogen-bond acceptors (Lipinski definition) is 6. The molecule has 0 aliphatic rings. The van der Waals surface area contributed by atoms with Crippen molar-refractivity contribution in [2.45, 2.75) is 33.0 Å². The van der Waals surface area contributed by atoms with Crippen LogP contribution in [0.2, 0.25) is 0 Å². The summed E-state index contributed by atoms with van der Waals surface area (Å²) in [6.07, 6.45) is 5.44. The Morgan fingerprint density at radius 2 is 2.33 bits per heavy atom. The Morgan fingerprint density at radius 3 is 3.05 bits per heavy atom. The van der Waals surface area contributed by atoms with Gasteiger partial charge in [-0.25, -0.2) is 0 Å². The van der Waals surface area contributed by atoms with Gasteiger partial charge in [0.25, 0.3) is 0 Å². The minimum atomic E-state index is 0.239. The molecule has 0 fully saturated rings. The summed E-state index contributed by atoms with van der Waals surface area (Å²) in [7, 11) is 0. The molecule has 0 aromatic carbocycles. The first-order valence-corrected chi connectivity index (χ1v) is 6.79. The Bertz CT molecular complexity index is 686. The number of rotatable bonds is 6. The molecule has 3 heterocycles. The predicted octanol–water partition coefficient (Wildman–Crippen LogP) is 2.01. The van der Waals surface area contributed by atoms with E-state index in [4.69, 9.17) is 8.94 Å². The van der Waals surface area contributed by atoms with Crippen LogP contribution in [0.3, 0.4) is 0 Å². The van der Waals surface area contributed by atoms with Gasteiger partial charge < -0.3 is 14.3 Å². The van der Waals surface area contributed by atoms with Gasteiger partial charge >= 0.3 is 0 Å². The van der Waals surface area contributed by atoms with Gasteiger partial charge in [0, 0.05) is 12.2 Å². The fraction of sp³-hybridized carbons (Fsp3) is 0.357. The summed E-state index contributed by atoms with van der Waals surface area (Å²) in [5, 5.41) is 11.5. The number of hydrogen-bond donors (Lipinski definition) is 1. The van der Waals surface area contributed by atoms with Crippen LogP contribution in [-0.4, -0.2) is 26.0 Å². The number of aromatic nitrogens is 4. The van der Waals surface area contributed by atoms with E-state index in [1.165, 1.54) is 0 Å². The highest BCUT2D eigenvalue weighted by atomic mass is 16.5. The van der Waals surface area contributed by atoms with E-state index in [1.54, 1.807) is 18.4 Å². The summed E-state index contributed by atoms with van der Waals surface area (Å²) in [6.45, 7) is 5.40. The Balaban J connectivity index is 1.53. The Kier molecular flexibility index (Phi) is 3.83. The molecule has 3 rings (SSSR count). The van der Waals surface area contributed by atoms with Crippen molar-refractivity contribution in [2.24, 2.45) is 0 Å². The molecule has 21 heavy (non-hydrogen) atoms. The molecule has 0 radical (unpaired) electrons. The lowest BCUT2D eigenvalue weighted by atomic mass is 10.3. The number of furan rings is 1. The van der Waals surface area contributed by atoms with Gasteiger partial charge in [0.05, 0.1) is 25.5 Å². The summed E-state index contributed by atoms with van der Waals surface area (Å²) in [5.74, 6) is 1.60. The van der Waals surface area contributed by atoms with Crippen LogP contribution in [-0.2, 0) is 13.1 Å². The molecule has 1 unspecified atom stereocenters. The van der Waals surface area contributed by atoms with Crippen LogP contribution in [0.4, 0.5) is 0 Å². The number of aryl methyl sites for hydroxylation is 1. The lowest BCUT2D eigenvalue weighted by molar-refractivity contribution is 0.350. The number of nitrogens with one attached hydrogen (secondary N) is 1. The molecule has 1 atom stereocenters. The molecule has 0 aliphatic carbocycles. The van der Waals surface area contributed by atoms with Crippen molar-refractivity contribution >= 4 is 0 Å². The molecule has 3 aromatic heterocycles. The molecule has 0 saturated carbocycles. The van der Waals surface area contributed by atoms with Crippen molar-refractivity contribution in [1.29, 1.82) is 0 Å². The topological polar surface area (TPSA) is 81.9 Å². The van der Waals surface area contributed by atoms with Gasteiger partial charge in [0.15, 0.2) is 5.76 Å². The van der Waals surface area contributed by atoms with Gasteiger partial charge in [0.1, 0.15) is 0 Å². The summed E-state index contributed by atoms with van der Waals surface area (Å²) < 4.78 is 12.3. The Labute approximate surface area is 122 Å². The maximum absolute atomic E-state index is 5.22. The minimum Gasteiger partial charge on any atom is -0.461 e. The summed E-state index contributed by atoms with van der Waals surface area (Å²) in [6, 6.07) is 3.82. The van der Waals surface area contributed by atoms with E-state index in [0.717, 1.165) is 12.1 Å². The third-order valence-electron chi connectivity index (χ3n) is 3.03. The van der Waals surface area contributed by atoms with Gasteiger partial charge in [-0.2, -0.15) is 10.1 Å². The molecule has 0 saturated heterocycles. The molecule has 0 amide bonds. The zero-order chi connectivity index (χ0) is 14.7. The summed E-state index contributed by atoms with van der Waals surface area (Å²) in [4.78, 5) is 4.28. The van der Waals surface area contributed by atoms with E-state index in [2.05, 4.69) is 27.5 Å². The zero-order valence-electron chi connectivity index (χ0n) is 12.0. The van der Waals surface area contributed by atoms with Crippen LogP contribution >= 0.6 is 0 Å². The van der Waals surface area contributed by atoms with Crippen LogP contribution in [0, 0.1) is 6.92 Å². The minimum absolute atomic E-state index is 0.239. The first-order valence-electron chi connectivity index (χ1n) is 6.79. The SMILES string of the molecule is Cc1cnn(CC(C)NCc2nc(-c3ccco3)no2)c1. The van der Waals surface area contributed by atoms with Gasteiger partial charge in [-0.05, 0) is 31.5 Å².